The van der Waals surface area contributed by atoms with Crippen molar-refractivity contribution in [1.82, 2.24) is 0 Å². The summed E-state index contributed by atoms with van der Waals surface area (Å²) in [7, 11) is 0. The summed E-state index contributed by atoms with van der Waals surface area (Å²) in [6.07, 6.45) is 12.8. The molecule has 1 nitrogen and oxygen atoms in total. The minimum Gasteiger partial charge on any atom is -0.328 e. The molecule has 0 aromatic carbocycles. The molecule has 2 unspecified atom stereocenters. The molecule has 0 radical (unpaired) electrons. The normalized spacial score (nSPS) is 37.6. The predicted octanol–water partition coefficient (Wildman–Crippen LogP) is 3.08. The summed E-state index contributed by atoms with van der Waals surface area (Å²) in [5, 5.41) is 0. The van der Waals surface area contributed by atoms with Gasteiger partial charge in [0.2, 0.25) is 0 Å². The zero-order valence-corrected chi connectivity index (χ0v) is 8.67. The van der Waals surface area contributed by atoms with Crippen molar-refractivity contribution < 1.29 is 0 Å². The highest BCUT2D eigenvalue weighted by molar-refractivity contribution is 4.83. The summed E-state index contributed by atoms with van der Waals surface area (Å²) >= 11 is 0. The third-order valence-corrected chi connectivity index (χ3v) is 3.85. The molecule has 13 heavy (non-hydrogen) atoms. The molecule has 0 aliphatic heterocycles. The number of rotatable bonds is 1. The predicted molar refractivity (Wildman–Crippen MR) is 56.5 cm³/mol. The van der Waals surface area contributed by atoms with Gasteiger partial charge in [-0.2, -0.15) is 0 Å². The summed E-state index contributed by atoms with van der Waals surface area (Å²) in [5.41, 5.74) is 6.06. The molecule has 2 rings (SSSR count). The van der Waals surface area contributed by atoms with E-state index in [0.29, 0.717) is 6.04 Å². The Bertz CT molecular complexity index is 151. The first-order valence-corrected chi connectivity index (χ1v) is 6.12. The SMILES string of the molecule is NC1CCCCCC(C2CC2)CC1. The van der Waals surface area contributed by atoms with Gasteiger partial charge in [-0.25, -0.2) is 0 Å². The molecule has 0 saturated heterocycles. The fraction of sp³-hybridized carbons (Fsp3) is 1.00. The van der Waals surface area contributed by atoms with Crippen LogP contribution >= 0.6 is 0 Å². The van der Waals surface area contributed by atoms with E-state index in [9.17, 15) is 0 Å². The Hall–Kier alpha value is -0.0400. The zero-order valence-electron chi connectivity index (χ0n) is 8.67. The number of hydrogen-bond acceptors (Lipinski definition) is 1. The Kier molecular flexibility index (Phi) is 3.26. The second-order valence-electron chi connectivity index (χ2n) is 5.07. The standard InChI is InChI=1S/C12H23N/c13-12-5-3-1-2-4-10(8-9-12)11-6-7-11/h10-12H,1-9,13H2. The molecule has 2 saturated carbocycles. The molecule has 0 aromatic heterocycles. The van der Waals surface area contributed by atoms with Crippen molar-refractivity contribution in [2.45, 2.75) is 63.8 Å². The smallest absolute Gasteiger partial charge is 0.00389 e. The highest BCUT2D eigenvalue weighted by Crippen LogP contribution is 2.42. The van der Waals surface area contributed by atoms with Crippen LogP contribution in [0.25, 0.3) is 0 Å². The average molecular weight is 181 g/mol. The van der Waals surface area contributed by atoms with Crippen LogP contribution < -0.4 is 5.73 Å². The van der Waals surface area contributed by atoms with Gasteiger partial charge >= 0.3 is 0 Å². The Morgan fingerprint density at radius 2 is 1.23 bits per heavy atom. The summed E-state index contributed by atoms with van der Waals surface area (Å²) in [5.74, 6) is 2.15. The number of nitrogens with two attached hydrogens (primary N) is 1. The molecular weight excluding hydrogens is 158 g/mol. The Morgan fingerprint density at radius 3 is 2.00 bits per heavy atom. The topological polar surface area (TPSA) is 26.0 Å². The molecule has 76 valence electrons. The third-order valence-electron chi connectivity index (χ3n) is 3.85. The van der Waals surface area contributed by atoms with Crippen LogP contribution in [0.2, 0.25) is 0 Å². The van der Waals surface area contributed by atoms with E-state index in [2.05, 4.69) is 0 Å². The van der Waals surface area contributed by atoms with Gasteiger partial charge in [0.25, 0.3) is 0 Å². The summed E-state index contributed by atoms with van der Waals surface area (Å²) < 4.78 is 0. The largest absolute Gasteiger partial charge is 0.328 e. The summed E-state index contributed by atoms with van der Waals surface area (Å²) in [6.45, 7) is 0. The van der Waals surface area contributed by atoms with Gasteiger partial charge in [0.1, 0.15) is 0 Å². The van der Waals surface area contributed by atoms with E-state index in [1.165, 1.54) is 57.8 Å². The lowest BCUT2D eigenvalue weighted by Gasteiger charge is -2.16. The fourth-order valence-corrected chi connectivity index (χ4v) is 2.75. The van der Waals surface area contributed by atoms with Gasteiger partial charge in [0, 0.05) is 6.04 Å². The molecule has 2 aliphatic rings. The third kappa shape index (κ3) is 2.98. The van der Waals surface area contributed by atoms with Crippen molar-refractivity contribution >= 4 is 0 Å². The minimum absolute atomic E-state index is 0.513. The van der Waals surface area contributed by atoms with E-state index in [4.69, 9.17) is 5.73 Å². The van der Waals surface area contributed by atoms with Crippen LogP contribution in [0.4, 0.5) is 0 Å². The lowest BCUT2D eigenvalue weighted by Crippen LogP contribution is -2.20. The summed E-state index contributed by atoms with van der Waals surface area (Å²) in [6, 6.07) is 0.513. The summed E-state index contributed by atoms with van der Waals surface area (Å²) in [4.78, 5) is 0. The quantitative estimate of drug-likeness (QED) is 0.661. The van der Waals surface area contributed by atoms with E-state index >= 15 is 0 Å². The monoisotopic (exact) mass is 181 g/mol. The molecule has 0 heterocycles. The Balaban J connectivity index is 1.81. The van der Waals surface area contributed by atoms with Gasteiger partial charge in [-0.1, -0.05) is 25.7 Å². The van der Waals surface area contributed by atoms with E-state index in [1.807, 2.05) is 0 Å². The van der Waals surface area contributed by atoms with Crippen molar-refractivity contribution in [2.24, 2.45) is 17.6 Å². The first-order valence-electron chi connectivity index (χ1n) is 6.12. The molecule has 2 N–H and O–H groups in total. The molecule has 2 aliphatic carbocycles. The highest BCUT2D eigenvalue weighted by Gasteiger charge is 2.30. The Labute approximate surface area is 82.1 Å². The minimum atomic E-state index is 0.513. The lowest BCUT2D eigenvalue weighted by molar-refractivity contribution is 0.372. The van der Waals surface area contributed by atoms with E-state index in [0.717, 1.165) is 11.8 Å². The van der Waals surface area contributed by atoms with Crippen molar-refractivity contribution in [3.05, 3.63) is 0 Å². The molecule has 0 amide bonds. The highest BCUT2D eigenvalue weighted by atomic mass is 14.6. The van der Waals surface area contributed by atoms with Gasteiger partial charge in [-0.15, -0.1) is 0 Å². The second-order valence-corrected chi connectivity index (χ2v) is 5.07. The molecule has 2 fully saturated rings. The maximum absolute atomic E-state index is 6.06. The van der Waals surface area contributed by atoms with Crippen LogP contribution in [0.3, 0.4) is 0 Å². The molecule has 2 atom stereocenters. The van der Waals surface area contributed by atoms with Crippen LogP contribution in [0.5, 0.6) is 0 Å². The molecular formula is C12H23N. The van der Waals surface area contributed by atoms with Crippen LogP contribution in [-0.2, 0) is 0 Å². The van der Waals surface area contributed by atoms with Crippen LogP contribution in [0, 0.1) is 11.8 Å². The van der Waals surface area contributed by atoms with E-state index < -0.39 is 0 Å². The van der Waals surface area contributed by atoms with Crippen molar-refractivity contribution in [3.8, 4) is 0 Å². The maximum Gasteiger partial charge on any atom is 0.00389 e. The van der Waals surface area contributed by atoms with Gasteiger partial charge in [-0.05, 0) is 43.9 Å². The Morgan fingerprint density at radius 1 is 0.615 bits per heavy atom. The van der Waals surface area contributed by atoms with Gasteiger partial charge in [0.05, 0.1) is 0 Å². The van der Waals surface area contributed by atoms with Gasteiger partial charge < -0.3 is 5.73 Å². The fourth-order valence-electron chi connectivity index (χ4n) is 2.75. The van der Waals surface area contributed by atoms with Crippen molar-refractivity contribution in [3.63, 3.8) is 0 Å². The molecule has 0 aromatic rings. The van der Waals surface area contributed by atoms with Gasteiger partial charge in [-0.3, -0.25) is 0 Å². The number of hydrogen-bond donors (Lipinski definition) is 1. The van der Waals surface area contributed by atoms with E-state index in [-0.39, 0.29) is 0 Å². The maximum atomic E-state index is 6.06. The molecule has 0 bridgehead atoms. The van der Waals surface area contributed by atoms with Crippen LogP contribution in [0.15, 0.2) is 0 Å². The first-order chi connectivity index (χ1) is 6.36. The first kappa shape index (κ1) is 9.51. The van der Waals surface area contributed by atoms with Crippen molar-refractivity contribution in [2.75, 3.05) is 0 Å². The average Bonchev–Trinajstić information content (AvgIpc) is 2.92. The van der Waals surface area contributed by atoms with Crippen LogP contribution in [-0.4, -0.2) is 6.04 Å². The zero-order chi connectivity index (χ0) is 9.10. The van der Waals surface area contributed by atoms with Crippen LogP contribution in [0.1, 0.15) is 57.8 Å². The van der Waals surface area contributed by atoms with Gasteiger partial charge in [0.15, 0.2) is 0 Å². The van der Waals surface area contributed by atoms with E-state index in [1.54, 1.807) is 0 Å². The van der Waals surface area contributed by atoms with Crippen molar-refractivity contribution in [1.29, 1.82) is 0 Å². The molecule has 1 heteroatoms. The molecule has 0 spiro atoms. The second kappa shape index (κ2) is 4.45. The lowest BCUT2D eigenvalue weighted by atomic mass is 9.92.